The largest absolute Gasteiger partial charge is 0.497 e. The van der Waals surface area contributed by atoms with Crippen molar-refractivity contribution < 1.29 is 14.3 Å². The number of hydrogen-bond donors (Lipinski definition) is 0. The molecule has 5 rings (SSSR count). The molecule has 1 amide bonds. The highest BCUT2D eigenvalue weighted by atomic mass is 35.5. The number of rotatable bonds is 8. The minimum Gasteiger partial charge on any atom is -0.497 e. The van der Waals surface area contributed by atoms with Crippen LogP contribution in [-0.4, -0.2) is 33.7 Å². The van der Waals surface area contributed by atoms with Crippen molar-refractivity contribution in [1.29, 1.82) is 0 Å². The molecule has 8 heteroatoms. The van der Waals surface area contributed by atoms with Crippen LogP contribution in [0.3, 0.4) is 0 Å². The Morgan fingerprint density at radius 1 is 1.15 bits per heavy atom. The van der Waals surface area contributed by atoms with E-state index < -0.39 is 0 Å². The normalized spacial score (nSPS) is 13.0. The molecular weight excluding hydrogens is 470 g/mol. The molecule has 0 N–H and O–H groups in total. The molecule has 2 heterocycles. The highest BCUT2D eigenvalue weighted by molar-refractivity contribution is 7.12. The number of amides is 1. The van der Waals surface area contributed by atoms with Gasteiger partial charge in [-0.2, -0.15) is 5.10 Å². The lowest BCUT2D eigenvalue weighted by Gasteiger charge is -2.22. The summed E-state index contributed by atoms with van der Waals surface area (Å²) in [6, 6.07) is 18.9. The average Bonchev–Trinajstić information content (AvgIpc) is 3.44. The maximum atomic E-state index is 13.3. The van der Waals surface area contributed by atoms with Gasteiger partial charge >= 0.3 is 0 Å². The Bertz CT molecular complexity index is 1300. The van der Waals surface area contributed by atoms with E-state index in [2.05, 4.69) is 0 Å². The van der Waals surface area contributed by atoms with Crippen molar-refractivity contribution in [2.24, 2.45) is 0 Å². The van der Waals surface area contributed by atoms with Gasteiger partial charge in [-0.25, -0.2) is 4.68 Å². The van der Waals surface area contributed by atoms with Gasteiger partial charge < -0.3 is 14.4 Å². The molecule has 174 valence electrons. The monoisotopic (exact) mass is 493 g/mol. The lowest BCUT2D eigenvalue weighted by molar-refractivity contribution is 0.0733. The van der Waals surface area contributed by atoms with E-state index in [1.807, 2.05) is 77.9 Å². The Morgan fingerprint density at radius 2 is 1.91 bits per heavy atom. The summed E-state index contributed by atoms with van der Waals surface area (Å²) >= 11 is 7.74. The second kappa shape index (κ2) is 9.52. The van der Waals surface area contributed by atoms with Crippen LogP contribution in [0.5, 0.6) is 17.4 Å². The molecule has 0 saturated heterocycles. The number of halogens is 1. The first-order valence-corrected chi connectivity index (χ1v) is 12.3. The summed E-state index contributed by atoms with van der Waals surface area (Å²) in [5, 5.41) is 7.32. The summed E-state index contributed by atoms with van der Waals surface area (Å²) < 4.78 is 13.4. The number of thiophene rings is 1. The fourth-order valence-corrected chi connectivity index (χ4v) is 4.69. The molecule has 0 radical (unpaired) electrons. The molecule has 1 aliphatic carbocycles. The van der Waals surface area contributed by atoms with E-state index in [9.17, 15) is 4.79 Å². The zero-order valence-corrected chi connectivity index (χ0v) is 20.5. The van der Waals surface area contributed by atoms with Gasteiger partial charge in [-0.15, -0.1) is 11.3 Å². The predicted molar refractivity (Wildman–Crippen MR) is 134 cm³/mol. The number of methoxy groups -OCH3 is 1. The molecule has 0 atom stereocenters. The number of aryl methyl sites for hydroxylation is 1. The number of hydrogen-bond acceptors (Lipinski definition) is 5. The van der Waals surface area contributed by atoms with Crippen LogP contribution in [0.15, 0.2) is 66.0 Å². The minimum atomic E-state index is 0.0443. The molecule has 2 aromatic carbocycles. The fourth-order valence-electron chi connectivity index (χ4n) is 3.83. The van der Waals surface area contributed by atoms with E-state index in [4.69, 9.17) is 26.2 Å². The van der Waals surface area contributed by atoms with Crippen molar-refractivity contribution in [1.82, 2.24) is 14.7 Å². The van der Waals surface area contributed by atoms with Crippen molar-refractivity contribution in [3.05, 3.63) is 87.2 Å². The van der Waals surface area contributed by atoms with Crippen LogP contribution < -0.4 is 9.47 Å². The quantitative estimate of drug-likeness (QED) is 0.281. The lowest BCUT2D eigenvalue weighted by Crippen LogP contribution is -2.32. The second-order valence-electron chi connectivity index (χ2n) is 8.18. The van der Waals surface area contributed by atoms with E-state index in [1.54, 1.807) is 11.8 Å². The molecule has 6 nitrogen and oxygen atoms in total. The molecule has 1 fully saturated rings. The highest BCUT2D eigenvalue weighted by Crippen LogP contribution is 2.36. The molecule has 34 heavy (non-hydrogen) atoms. The van der Waals surface area contributed by atoms with Crippen LogP contribution in [0.25, 0.3) is 5.69 Å². The van der Waals surface area contributed by atoms with Crippen LogP contribution in [0, 0.1) is 6.92 Å². The van der Waals surface area contributed by atoms with Crippen molar-refractivity contribution in [2.45, 2.75) is 32.4 Å². The molecule has 0 bridgehead atoms. The highest BCUT2D eigenvalue weighted by Gasteiger charge is 2.35. The zero-order valence-electron chi connectivity index (χ0n) is 18.9. The number of carbonyl (C=O) groups excluding carboxylic acids is 1. The lowest BCUT2D eigenvalue weighted by atomic mass is 10.2. The predicted octanol–water partition coefficient (Wildman–Crippen LogP) is 6.50. The third-order valence-electron chi connectivity index (χ3n) is 5.77. The van der Waals surface area contributed by atoms with Crippen LogP contribution >= 0.6 is 22.9 Å². The van der Waals surface area contributed by atoms with Crippen LogP contribution in [-0.2, 0) is 6.54 Å². The average molecular weight is 494 g/mol. The standard InChI is InChI=1S/C26H24ClN3O3S/c1-17-23(16-29(19-8-9-19)25(31)24-7-4-14-34-24)26(33-22-12-10-21(32-2)11-13-22)30(28-17)20-6-3-5-18(27)15-20/h3-7,10-15,19H,8-9,16H2,1-2H3. The zero-order chi connectivity index (χ0) is 23.7. The van der Waals surface area contributed by atoms with Crippen molar-refractivity contribution in [2.75, 3.05) is 7.11 Å². The van der Waals surface area contributed by atoms with Crippen molar-refractivity contribution in [3.8, 4) is 23.1 Å². The molecule has 2 aromatic heterocycles. The maximum Gasteiger partial charge on any atom is 0.264 e. The molecule has 1 saturated carbocycles. The SMILES string of the molecule is COc1ccc(Oc2c(CN(C(=O)c3cccs3)C3CC3)c(C)nn2-c2cccc(Cl)c2)cc1. The summed E-state index contributed by atoms with van der Waals surface area (Å²) in [5.41, 5.74) is 2.45. The Morgan fingerprint density at radius 3 is 2.56 bits per heavy atom. The molecular formula is C26H24ClN3O3S. The van der Waals surface area contributed by atoms with E-state index in [1.165, 1.54) is 11.3 Å². The number of aromatic nitrogens is 2. The van der Waals surface area contributed by atoms with Gasteiger partial charge in [0.2, 0.25) is 5.88 Å². The third kappa shape index (κ3) is 4.67. The van der Waals surface area contributed by atoms with Crippen LogP contribution in [0.4, 0.5) is 0 Å². The van der Waals surface area contributed by atoms with Gasteiger partial charge in [0.25, 0.3) is 5.91 Å². The minimum absolute atomic E-state index is 0.0443. The van der Waals surface area contributed by atoms with E-state index >= 15 is 0 Å². The first-order valence-electron chi connectivity index (χ1n) is 11.0. The van der Waals surface area contributed by atoms with Gasteiger partial charge in [0.05, 0.1) is 35.5 Å². The number of nitrogens with zero attached hydrogens (tertiary/aromatic N) is 3. The van der Waals surface area contributed by atoms with Crippen molar-refractivity contribution in [3.63, 3.8) is 0 Å². The molecule has 4 aromatic rings. The summed E-state index contributed by atoms with van der Waals surface area (Å²) in [7, 11) is 1.63. The van der Waals surface area contributed by atoms with Gasteiger partial charge in [0, 0.05) is 11.1 Å². The Labute approximate surface area is 207 Å². The summed E-state index contributed by atoms with van der Waals surface area (Å²) in [4.78, 5) is 16.0. The summed E-state index contributed by atoms with van der Waals surface area (Å²) in [5.74, 6) is 2.00. The second-order valence-corrected chi connectivity index (χ2v) is 9.56. The molecule has 0 spiro atoms. The van der Waals surface area contributed by atoms with Gasteiger partial charge in [0.1, 0.15) is 11.5 Å². The van der Waals surface area contributed by atoms with E-state index in [-0.39, 0.29) is 11.9 Å². The number of benzene rings is 2. The van der Waals surface area contributed by atoms with Gasteiger partial charge in [-0.05, 0) is 73.7 Å². The fraction of sp³-hybridized carbons (Fsp3) is 0.231. The Hall–Kier alpha value is -3.29. The molecule has 1 aliphatic rings. The third-order valence-corrected chi connectivity index (χ3v) is 6.87. The van der Waals surface area contributed by atoms with Gasteiger partial charge in [0.15, 0.2) is 0 Å². The first-order chi connectivity index (χ1) is 16.5. The Kier molecular flexibility index (Phi) is 6.30. The van der Waals surface area contributed by atoms with Gasteiger partial charge in [-0.1, -0.05) is 23.7 Å². The van der Waals surface area contributed by atoms with E-state index in [0.29, 0.717) is 23.2 Å². The Balaban J connectivity index is 1.55. The molecule has 0 unspecified atom stereocenters. The number of carbonyl (C=O) groups is 1. The number of ether oxygens (including phenoxy) is 2. The van der Waals surface area contributed by atoms with Crippen LogP contribution in [0.1, 0.15) is 33.8 Å². The maximum absolute atomic E-state index is 13.3. The first kappa shape index (κ1) is 22.5. The van der Waals surface area contributed by atoms with Crippen molar-refractivity contribution >= 4 is 28.8 Å². The molecule has 0 aliphatic heterocycles. The van der Waals surface area contributed by atoms with Crippen LogP contribution in [0.2, 0.25) is 5.02 Å². The topological polar surface area (TPSA) is 56.6 Å². The summed E-state index contributed by atoms with van der Waals surface area (Å²) in [6.45, 7) is 2.36. The summed E-state index contributed by atoms with van der Waals surface area (Å²) in [6.07, 6.45) is 2.01. The van der Waals surface area contributed by atoms with E-state index in [0.717, 1.165) is 40.4 Å². The van der Waals surface area contributed by atoms with Gasteiger partial charge in [-0.3, -0.25) is 4.79 Å². The smallest absolute Gasteiger partial charge is 0.264 e.